The molecule has 0 radical (unpaired) electrons. The number of carboxylic acid groups (broad SMARTS) is 1. The number of para-hydroxylation sites is 1. The van der Waals surface area contributed by atoms with E-state index >= 15 is 0 Å². The molecule has 0 saturated heterocycles. The summed E-state index contributed by atoms with van der Waals surface area (Å²) in [6.07, 6.45) is 4.60. The standard InChI is InChI=1S/C29H30N2O3/c32-26(33)21-13-2-1-3-14-22-30-27(23-15-7-4-8-16-23)28(24-17-9-5-10-18-24)31(29(30)34)25-19-11-6-12-20-25/h4-12,15-20H,1-3,13-14,21-22H2,(H,32,33). The van der Waals surface area contributed by atoms with E-state index < -0.39 is 5.97 Å². The van der Waals surface area contributed by atoms with E-state index in [4.69, 9.17) is 5.11 Å². The molecule has 174 valence electrons. The van der Waals surface area contributed by atoms with Gasteiger partial charge in [0, 0.05) is 24.1 Å². The number of carboxylic acids is 1. The van der Waals surface area contributed by atoms with Crippen LogP contribution >= 0.6 is 0 Å². The van der Waals surface area contributed by atoms with Crippen molar-refractivity contribution in [1.29, 1.82) is 0 Å². The molecule has 5 nitrogen and oxygen atoms in total. The summed E-state index contributed by atoms with van der Waals surface area (Å²) in [5.74, 6) is -0.741. The SMILES string of the molecule is O=C(O)CCCCCCCn1c(-c2ccccc2)c(-c2ccccc2)n(-c2ccccc2)c1=O. The first-order valence-electron chi connectivity index (χ1n) is 11.9. The normalized spacial score (nSPS) is 10.9. The van der Waals surface area contributed by atoms with Crippen LogP contribution in [0.1, 0.15) is 38.5 Å². The summed E-state index contributed by atoms with van der Waals surface area (Å²) in [4.78, 5) is 24.6. The third kappa shape index (κ3) is 5.37. The minimum atomic E-state index is -0.741. The molecule has 0 aliphatic carbocycles. The van der Waals surface area contributed by atoms with Crippen LogP contribution in [0.15, 0.2) is 95.8 Å². The van der Waals surface area contributed by atoms with Crippen molar-refractivity contribution in [2.75, 3.05) is 0 Å². The van der Waals surface area contributed by atoms with Gasteiger partial charge in [0.1, 0.15) is 0 Å². The van der Waals surface area contributed by atoms with Gasteiger partial charge in [0.05, 0.1) is 17.1 Å². The Morgan fingerprint density at radius 3 is 1.74 bits per heavy atom. The first-order valence-corrected chi connectivity index (χ1v) is 11.9. The Kier molecular flexibility index (Phi) is 7.76. The van der Waals surface area contributed by atoms with Crippen molar-refractivity contribution in [2.45, 2.75) is 45.1 Å². The molecule has 5 heteroatoms. The number of imidazole rings is 1. The molecule has 3 aromatic carbocycles. The van der Waals surface area contributed by atoms with Crippen LogP contribution in [0.3, 0.4) is 0 Å². The van der Waals surface area contributed by atoms with E-state index in [-0.39, 0.29) is 12.1 Å². The molecule has 0 unspecified atom stereocenters. The molecule has 0 fully saturated rings. The smallest absolute Gasteiger partial charge is 0.333 e. The summed E-state index contributed by atoms with van der Waals surface area (Å²) in [7, 11) is 0. The highest BCUT2D eigenvalue weighted by Gasteiger charge is 2.23. The highest BCUT2D eigenvalue weighted by atomic mass is 16.4. The van der Waals surface area contributed by atoms with Gasteiger partial charge in [-0.25, -0.2) is 4.79 Å². The highest BCUT2D eigenvalue weighted by molar-refractivity contribution is 5.80. The number of benzene rings is 3. The van der Waals surface area contributed by atoms with Crippen LogP contribution in [0.25, 0.3) is 28.2 Å². The van der Waals surface area contributed by atoms with Gasteiger partial charge in [-0.15, -0.1) is 0 Å². The number of hydrogen-bond acceptors (Lipinski definition) is 2. The molecule has 0 aliphatic rings. The van der Waals surface area contributed by atoms with Gasteiger partial charge in [-0.05, 0) is 25.0 Å². The second-order valence-corrected chi connectivity index (χ2v) is 8.45. The lowest BCUT2D eigenvalue weighted by molar-refractivity contribution is -0.137. The average molecular weight is 455 g/mol. The summed E-state index contributed by atoms with van der Waals surface area (Å²) in [5, 5.41) is 8.81. The Hall–Kier alpha value is -3.86. The van der Waals surface area contributed by atoms with Crippen molar-refractivity contribution in [1.82, 2.24) is 9.13 Å². The lowest BCUT2D eigenvalue weighted by Crippen LogP contribution is -2.24. The number of rotatable bonds is 11. The van der Waals surface area contributed by atoms with Crippen molar-refractivity contribution in [3.8, 4) is 28.2 Å². The van der Waals surface area contributed by atoms with E-state index in [2.05, 4.69) is 12.1 Å². The van der Waals surface area contributed by atoms with E-state index in [1.807, 2.05) is 88.0 Å². The Labute approximate surface area is 199 Å². The van der Waals surface area contributed by atoms with Crippen LogP contribution in [-0.4, -0.2) is 20.2 Å². The zero-order valence-electron chi connectivity index (χ0n) is 19.3. The third-order valence-corrected chi connectivity index (χ3v) is 6.02. The predicted octanol–water partition coefficient (Wildman–Crippen LogP) is 6.40. The van der Waals surface area contributed by atoms with Gasteiger partial charge in [-0.1, -0.05) is 98.1 Å². The molecule has 0 aliphatic heterocycles. The number of unbranched alkanes of at least 4 members (excludes halogenated alkanes) is 4. The summed E-state index contributed by atoms with van der Waals surface area (Å²) >= 11 is 0. The Morgan fingerprint density at radius 2 is 1.15 bits per heavy atom. The number of aromatic nitrogens is 2. The maximum atomic E-state index is 13.9. The largest absolute Gasteiger partial charge is 0.481 e. The molecular weight excluding hydrogens is 424 g/mol. The third-order valence-electron chi connectivity index (χ3n) is 6.02. The Balaban J connectivity index is 1.74. The Bertz CT molecular complexity index is 1260. The molecule has 4 aromatic rings. The van der Waals surface area contributed by atoms with Gasteiger partial charge < -0.3 is 5.11 Å². The van der Waals surface area contributed by atoms with Crippen LogP contribution in [0.4, 0.5) is 0 Å². The lowest BCUT2D eigenvalue weighted by Gasteiger charge is -2.12. The van der Waals surface area contributed by atoms with Gasteiger partial charge in [0.2, 0.25) is 0 Å². The fourth-order valence-electron chi connectivity index (χ4n) is 4.40. The van der Waals surface area contributed by atoms with Gasteiger partial charge in [0.15, 0.2) is 0 Å². The topological polar surface area (TPSA) is 64.2 Å². The molecule has 4 rings (SSSR count). The molecule has 1 aromatic heterocycles. The molecule has 0 spiro atoms. The van der Waals surface area contributed by atoms with E-state index in [0.29, 0.717) is 13.0 Å². The highest BCUT2D eigenvalue weighted by Crippen LogP contribution is 2.33. The van der Waals surface area contributed by atoms with Crippen LogP contribution in [0.5, 0.6) is 0 Å². The van der Waals surface area contributed by atoms with Crippen LogP contribution in [0.2, 0.25) is 0 Å². The van der Waals surface area contributed by atoms with Crippen molar-refractivity contribution in [2.24, 2.45) is 0 Å². The molecule has 0 bridgehead atoms. The first kappa shape index (κ1) is 23.3. The molecule has 0 amide bonds. The Morgan fingerprint density at radius 1 is 0.647 bits per heavy atom. The second-order valence-electron chi connectivity index (χ2n) is 8.45. The van der Waals surface area contributed by atoms with Crippen LogP contribution < -0.4 is 5.69 Å². The van der Waals surface area contributed by atoms with Crippen molar-refractivity contribution in [3.05, 3.63) is 101 Å². The number of carbonyl (C=O) groups is 1. The monoisotopic (exact) mass is 454 g/mol. The zero-order chi connectivity index (χ0) is 23.8. The van der Waals surface area contributed by atoms with Gasteiger partial charge in [-0.2, -0.15) is 0 Å². The predicted molar refractivity (Wildman–Crippen MR) is 136 cm³/mol. The fraction of sp³-hybridized carbons (Fsp3) is 0.241. The number of hydrogen-bond donors (Lipinski definition) is 1. The summed E-state index contributed by atoms with van der Waals surface area (Å²) in [5.41, 5.74) is 4.62. The van der Waals surface area contributed by atoms with Crippen molar-refractivity contribution >= 4 is 5.97 Å². The molecule has 0 saturated carbocycles. The van der Waals surface area contributed by atoms with Crippen molar-refractivity contribution in [3.63, 3.8) is 0 Å². The lowest BCUT2D eigenvalue weighted by atomic mass is 10.0. The number of nitrogens with zero attached hydrogens (tertiary/aromatic N) is 2. The summed E-state index contributed by atoms with van der Waals surface area (Å²) < 4.78 is 3.73. The van der Waals surface area contributed by atoms with E-state index in [1.54, 1.807) is 0 Å². The molecule has 34 heavy (non-hydrogen) atoms. The minimum Gasteiger partial charge on any atom is -0.481 e. The average Bonchev–Trinajstić information content (AvgIpc) is 3.17. The molecule has 1 N–H and O–H groups in total. The van der Waals surface area contributed by atoms with Crippen LogP contribution in [-0.2, 0) is 11.3 Å². The molecular formula is C29H30N2O3. The van der Waals surface area contributed by atoms with Gasteiger partial charge in [0.25, 0.3) is 0 Å². The fourth-order valence-corrected chi connectivity index (χ4v) is 4.40. The second kappa shape index (κ2) is 11.3. The maximum absolute atomic E-state index is 13.9. The quantitative estimate of drug-likeness (QED) is 0.267. The molecule has 1 heterocycles. The molecule has 0 atom stereocenters. The maximum Gasteiger partial charge on any atom is 0.333 e. The summed E-state index contributed by atoms with van der Waals surface area (Å²) in [6, 6.07) is 30.0. The van der Waals surface area contributed by atoms with E-state index in [9.17, 15) is 9.59 Å². The number of aliphatic carboxylic acids is 1. The summed E-state index contributed by atoms with van der Waals surface area (Å²) in [6.45, 7) is 0.613. The first-order chi connectivity index (χ1) is 16.7. The zero-order valence-corrected chi connectivity index (χ0v) is 19.3. The van der Waals surface area contributed by atoms with Gasteiger partial charge in [-0.3, -0.25) is 13.9 Å². The van der Waals surface area contributed by atoms with Gasteiger partial charge >= 0.3 is 11.7 Å². The minimum absolute atomic E-state index is 0.0465. The van der Waals surface area contributed by atoms with Crippen molar-refractivity contribution < 1.29 is 9.90 Å². The van der Waals surface area contributed by atoms with E-state index in [1.165, 1.54) is 0 Å². The van der Waals surface area contributed by atoms with Crippen LogP contribution in [0, 0.1) is 0 Å². The van der Waals surface area contributed by atoms with E-state index in [0.717, 1.165) is 53.9 Å².